The second kappa shape index (κ2) is 5.71. The van der Waals surface area contributed by atoms with Gasteiger partial charge in [-0.05, 0) is 36.2 Å². The van der Waals surface area contributed by atoms with Crippen LogP contribution in [0, 0.1) is 6.92 Å². The lowest BCUT2D eigenvalue weighted by molar-refractivity contribution is 0.603. The summed E-state index contributed by atoms with van der Waals surface area (Å²) in [6.07, 6.45) is 0. The van der Waals surface area contributed by atoms with Crippen LogP contribution in [0.3, 0.4) is 0 Å². The Morgan fingerprint density at radius 2 is 1.89 bits per heavy atom. The summed E-state index contributed by atoms with van der Waals surface area (Å²) in [6.45, 7) is 1.77. The van der Waals surface area contributed by atoms with Crippen molar-refractivity contribution < 1.29 is 8.42 Å². The molecule has 2 aromatic rings. The van der Waals surface area contributed by atoms with Crippen molar-refractivity contribution in [3.63, 3.8) is 0 Å². The highest BCUT2D eigenvalue weighted by molar-refractivity contribution is 7.94. The summed E-state index contributed by atoms with van der Waals surface area (Å²) >= 11 is 12.6. The molecule has 0 atom stereocenters. The van der Waals surface area contributed by atoms with Crippen molar-refractivity contribution in [1.29, 1.82) is 0 Å². The van der Waals surface area contributed by atoms with Gasteiger partial charge >= 0.3 is 0 Å². The number of anilines is 1. The first-order chi connectivity index (χ1) is 8.92. The molecule has 0 fully saturated rings. The van der Waals surface area contributed by atoms with E-state index < -0.39 is 10.0 Å². The first-order valence-electron chi connectivity index (χ1n) is 5.36. The maximum atomic E-state index is 12.1. The number of hydrogen-bond acceptors (Lipinski definition) is 3. The third-order valence-electron chi connectivity index (χ3n) is 2.46. The molecule has 0 aliphatic heterocycles. The quantitative estimate of drug-likeness (QED) is 0.849. The first-order valence-corrected chi connectivity index (χ1v) is 8.57. The predicted molar refractivity (Wildman–Crippen MR) is 80.9 cm³/mol. The summed E-state index contributed by atoms with van der Waals surface area (Å²) in [5, 5.41) is 0. The van der Waals surface area contributed by atoms with E-state index in [0.717, 1.165) is 22.5 Å². The van der Waals surface area contributed by atoms with Gasteiger partial charge in [-0.1, -0.05) is 23.7 Å². The Kier molecular flexibility index (Phi) is 4.40. The van der Waals surface area contributed by atoms with E-state index in [1.807, 2.05) is 0 Å². The molecule has 0 amide bonds. The van der Waals surface area contributed by atoms with Crippen LogP contribution in [0.2, 0.25) is 4.34 Å². The number of hydrogen-bond donors (Lipinski definition) is 1. The molecule has 1 N–H and O–H groups in total. The van der Waals surface area contributed by atoms with Gasteiger partial charge in [-0.2, -0.15) is 0 Å². The highest BCUT2D eigenvalue weighted by atomic mass is 35.5. The number of halogens is 2. The second-order valence-corrected chi connectivity index (χ2v) is 7.79. The van der Waals surface area contributed by atoms with Crippen LogP contribution < -0.4 is 4.72 Å². The molecular formula is C12H11Cl2NO2S2. The molecule has 0 unspecified atom stereocenters. The largest absolute Gasteiger partial charge is 0.279 e. The molecule has 0 bridgehead atoms. The highest BCUT2D eigenvalue weighted by Gasteiger charge is 2.18. The van der Waals surface area contributed by atoms with Crippen LogP contribution in [-0.4, -0.2) is 8.42 Å². The zero-order valence-corrected chi connectivity index (χ0v) is 13.1. The summed E-state index contributed by atoms with van der Waals surface area (Å²) in [5.74, 6) is 0.396. The van der Waals surface area contributed by atoms with Crippen molar-refractivity contribution in [3.05, 3.63) is 45.8 Å². The Morgan fingerprint density at radius 1 is 1.26 bits per heavy atom. The second-order valence-electron chi connectivity index (χ2n) is 3.96. The van der Waals surface area contributed by atoms with Crippen LogP contribution in [-0.2, 0) is 15.9 Å². The molecular weight excluding hydrogens is 325 g/mol. The van der Waals surface area contributed by atoms with Gasteiger partial charge in [-0.25, -0.2) is 8.42 Å². The molecule has 0 aliphatic carbocycles. The van der Waals surface area contributed by atoms with Crippen molar-refractivity contribution in [3.8, 4) is 0 Å². The van der Waals surface area contributed by atoms with E-state index in [9.17, 15) is 8.42 Å². The Morgan fingerprint density at radius 3 is 2.37 bits per heavy atom. The standard InChI is InChI=1S/C12H11Cl2NO2S2/c1-8-6-11(18-12(8)14)19(16,17)15-10-4-2-9(7-13)3-5-10/h2-6,15H,7H2,1H3. The lowest BCUT2D eigenvalue weighted by Crippen LogP contribution is -2.11. The van der Waals surface area contributed by atoms with Crippen LogP contribution in [0.5, 0.6) is 0 Å². The van der Waals surface area contributed by atoms with Gasteiger partial charge in [0.2, 0.25) is 0 Å². The van der Waals surface area contributed by atoms with Gasteiger partial charge < -0.3 is 0 Å². The summed E-state index contributed by atoms with van der Waals surface area (Å²) in [6, 6.07) is 8.46. The fourth-order valence-electron chi connectivity index (χ4n) is 1.43. The normalized spacial score (nSPS) is 11.5. The van der Waals surface area contributed by atoms with Gasteiger partial charge in [0, 0.05) is 11.6 Å². The van der Waals surface area contributed by atoms with E-state index in [1.165, 1.54) is 0 Å². The van der Waals surface area contributed by atoms with Crippen molar-refractivity contribution in [2.24, 2.45) is 0 Å². The molecule has 0 saturated carbocycles. The average Bonchev–Trinajstić information content (AvgIpc) is 2.71. The van der Waals surface area contributed by atoms with Gasteiger partial charge in [-0.15, -0.1) is 22.9 Å². The Bertz CT molecular complexity index is 659. The molecule has 19 heavy (non-hydrogen) atoms. The van der Waals surface area contributed by atoms with Gasteiger partial charge in [0.05, 0.1) is 4.34 Å². The fraction of sp³-hybridized carbons (Fsp3) is 0.167. The maximum Gasteiger partial charge on any atom is 0.271 e. The van der Waals surface area contributed by atoms with Gasteiger partial charge in [0.25, 0.3) is 10.0 Å². The minimum Gasteiger partial charge on any atom is -0.279 e. The van der Waals surface area contributed by atoms with Gasteiger partial charge in [0.15, 0.2) is 0 Å². The predicted octanol–water partition coefficient (Wildman–Crippen LogP) is 4.25. The number of thiophene rings is 1. The van der Waals surface area contributed by atoms with E-state index in [1.54, 1.807) is 37.3 Å². The molecule has 0 radical (unpaired) electrons. The maximum absolute atomic E-state index is 12.1. The number of sulfonamides is 1. The number of nitrogens with one attached hydrogen (secondary N) is 1. The number of aryl methyl sites for hydroxylation is 1. The summed E-state index contributed by atoms with van der Waals surface area (Å²) < 4.78 is 27.5. The van der Waals surface area contributed by atoms with Crippen molar-refractivity contribution >= 4 is 50.2 Å². The lowest BCUT2D eigenvalue weighted by atomic mass is 10.2. The summed E-state index contributed by atoms with van der Waals surface area (Å²) in [7, 11) is -3.58. The monoisotopic (exact) mass is 335 g/mol. The van der Waals surface area contributed by atoms with E-state index in [0.29, 0.717) is 15.9 Å². The minimum absolute atomic E-state index is 0.205. The Balaban J connectivity index is 2.25. The third kappa shape index (κ3) is 3.42. The van der Waals surface area contributed by atoms with Crippen LogP contribution in [0.4, 0.5) is 5.69 Å². The van der Waals surface area contributed by atoms with E-state index in [-0.39, 0.29) is 4.21 Å². The van der Waals surface area contributed by atoms with Crippen LogP contribution in [0.25, 0.3) is 0 Å². The average molecular weight is 336 g/mol. The molecule has 1 aromatic heterocycles. The lowest BCUT2D eigenvalue weighted by Gasteiger charge is -2.06. The smallest absolute Gasteiger partial charge is 0.271 e. The molecule has 0 saturated heterocycles. The minimum atomic E-state index is -3.58. The van der Waals surface area contributed by atoms with E-state index >= 15 is 0 Å². The van der Waals surface area contributed by atoms with E-state index in [2.05, 4.69) is 4.72 Å². The molecule has 1 aromatic carbocycles. The Labute approximate surface area is 126 Å². The molecule has 1 heterocycles. The Hall–Kier alpha value is -0.750. The molecule has 2 rings (SSSR count). The molecule has 7 heteroatoms. The molecule has 0 aliphatic rings. The van der Waals surface area contributed by atoms with Crippen molar-refractivity contribution in [2.45, 2.75) is 17.0 Å². The van der Waals surface area contributed by atoms with Gasteiger partial charge in [0.1, 0.15) is 4.21 Å². The number of alkyl halides is 1. The topological polar surface area (TPSA) is 46.2 Å². The third-order valence-corrected chi connectivity index (χ3v) is 6.18. The van der Waals surface area contributed by atoms with Crippen LogP contribution >= 0.6 is 34.5 Å². The van der Waals surface area contributed by atoms with Gasteiger partial charge in [-0.3, -0.25) is 4.72 Å². The number of benzene rings is 1. The number of rotatable bonds is 4. The zero-order chi connectivity index (χ0) is 14.0. The van der Waals surface area contributed by atoms with Crippen molar-refractivity contribution in [1.82, 2.24) is 0 Å². The SMILES string of the molecule is Cc1cc(S(=O)(=O)Nc2ccc(CCl)cc2)sc1Cl. The first kappa shape index (κ1) is 14.7. The molecule has 102 valence electrons. The van der Waals surface area contributed by atoms with E-state index in [4.69, 9.17) is 23.2 Å². The zero-order valence-electron chi connectivity index (χ0n) is 9.98. The molecule has 3 nitrogen and oxygen atoms in total. The fourth-order valence-corrected chi connectivity index (χ4v) is 4.38. The van der Waals surface area contributed by atoms with Crippen molar-refractivity contribution in [2.75, 3.05) is 4.72 Å². The highest BCUT2D eigenvalue weighted by Crippen LogP contribution is 2.31. The summed E-state index contributed by atoms with van der Waals surface area (Å²) in [4.78, 5) is 0. The van der Waals surface area contributed by atoms with Crippen LogP contribution in [0.1, 0.15) is 11.1 Å². The molecule has 0 spiro atoms. The van der Waals surface area contributed by atoms with Crippen LogP contribution in [0.15, 0.2) is 34.5 Å². The summed E-state index contributed by atoms with van der Waals surface area (Å²) in [5.41, 5.74) is 2.18.